The minimum atomic E-state index is 0.199. The summed E-state index contributed by atoms with van der Waals surface area (Å²) in [5.74, 6) is 0.614. The van der Waals surface area contributed by atoms with Gasteiger partial charge in [0.15, 0.2) is 0 Å². The summed E-state index contributed by atoms with van der Waals surface area (Å²) in [4.78, 5) is 7.87. The van der Waals surface area contributed by atoms with Crippen LogP contribution in [0, 0.1) is 0 Å². The number of aryl methyl sites for hydroxylation is 1. The van der Waals surface area contributed by atoms with Crippen LogP contribution in [-0.2, 0) is 7.05 Å². The molecule has 0 amide bonds. The molecular formula is C8H7BrClN5. The van der Waals surface area contributed by atoms with Crippen LogP contribution in [-0.4, -0.2) is 19.7 Å². The van der Waals surface area contributed by atoms with E-state index in [9.17, 15) is 0 Å². The van der Waals surface area contributed by atoms with E-state index in [1.807, 2.05) is 13.2 Å². The highest BCUT2D eigenvalue weighted by atomic mass is 79.9. The molecule has 0 radical (unpaired) electrons. The lowest BCUT2D eigenvalue weighted by Gasteiger charge is -2.04. The topological polar surface area (TPSA) is 55.6 Å². The largest absolute Gasteiger partial charge is 0.337 e. The number of halogens is 2. The van der Waals surface area contributed by atoms with Gasteiger partial charge in [-0.05, 0) is 27.5 Å². The molecule has 78 valence electrons. The molecular weight excluding hydrogens is 281 g/mol. The van der Waals surface area contributed by atoms with Crippen molar-refractivity contribution in [2.75, 3.05) is 5.32 Å². The van der Waals surface area contributed by atoms with Crippen LogP contribution >= 0.6 is 27.5 Å². The van der Waals surface area contributed by atoms with Gasteiger partial charge in [-0.2, -0.15) is 10.1 Å². The summed E-state index contributed by atoms with van der Waals surface area (Å²) in [6.07, 6.45) is 5.12. The van der Waals surface area contributed by atoms with Gasteiger partial charge >= 0.3 is 0 Å². The predicted molar refractivity (Wildman–Crippen MR) is 61.2 cm³/mol. The molecule has 2 aromatic heterocycles. The minimum absolute atomic E-state index is 0.199. The standard InChI is InChI=1S/C8H7BrClN5/c1-15-4-5(2-12-15)13-7-6(9)3-11-8(10)14-7/h2-4H,1H3,(H,11,13,14). The Morgan fingerprint density at radius 1 is 1.47 bits per heavy atom. The smallest absolute Gasteiger partial charge is 0.224 e. The second kappa shape index (κ2) is 4.16. The van der Waals surface area contributed by atoms with Gasteiger partial charge in [-0.15, -0.1) is 0 Å². The summed E-state index contributed by atoms with van der Waals surface area (Å²) in [7, 11) is 1.84. The van der Waals surface area contributed by atoms with E-state index in [0.29, 0.717) is 5.82 Å². The van der Waals surface area contributed by atoms with E-state index in [2.05, 4.69) is 36.3 Å². The van der Waals surface area contributed by atoms with E-state index in [1.54, 1.807) is 17.1 Å². The van der Waals surface area contributed by atoms with E-state index < -0.39 is 0 Å². The maximum Gasteiger partial charge on any atom is 0.224 e. The highest BCUT2D eigenvalue weighted by Gasteiger charge is 2.04. The normalized spacial score (nSPS) is 10.3. The summed E-state index contributed by atoms with van der Waals surface area (Å²) in [6, 6.07) is 0. The molecule has 0 spiro atoms. The first-order chi connectivity index (χ1) is 7.15. The van der Waals surface area contributed by atoms with Gasteiger partial charge in [0.05, 0.1) is 16.4 Å². The van der Waals surface area contributed by atoms with Crippen LogP contribution in [0.25, 0.3) is 0 Å². The highest BCUT2D eigenvalue weighted by Crippen LogP contribution is 2.23. The first-order valence-corrected chi connectivity index (χ1v) is 5.26. The summed E-state index contributed by atoms with van der Waals surface area (Å²) in [5.41, 5.74) is 0.841. The molecule has 15 heavy (non-hydrogen) atoms. The van der Waals surface area contributed by atoms with E-state index in [1.165, 1.54) is 0 Å². The van der Waals surface area contributed by atoms with Gasteiger partial charge in [0.2, 0.25) is 5.28 Å². The summed E-state index contributed by atoms with van der Waals surface area (Å²) in [6.45, 7) is 0. The Bertz CT molecular complexity index is 484. The Labute approximate surface area is 99.6 Å². The van der Waals surface area contributed by atoms with Crippen molar-refractivity contribution in [3.05, 3.63) is 28.3 Å². The molecule has 2 aromatic rings. The van der Waals surface area contributed by atoms with Crippen LogP contribution < -0.4 is 5.32 Å². The quantitative estimate of drug-likeness (QED) is 0.862. The Balaban J connectivity index is 2.27. The van der Waals surface area contributed by atoms with Crippen molar-refractivity contribution in [3.8, 4) is 0 Å². The number of hydrogen-bond acceptors (Lipinski definition) is 4. The molecule has 0 saturated carbocycles. The highest BCUT2D eigenvalue weighted by molar-refractivity contribution is 9.10. The Morgan fingerprint density at radius 2 is 2.27 bits per heavy atom. The van der Waals surface area contributed by atoms with Crippen LogP contribution in [0.2, 0.25) is 5.28 Å². The number of rotatable bonds is 2. The van der Waals surface area contributed by atoms with Crippen molar-refractivity contribution in [2.24, 2.45) is 7.05 Å². The number of aromatic nitrogens is 4. The van der Waals surface area contributed by atoms with Crippen molar-refractivity contribution < 1.29 is 0 Å². The molecule has 0 aliphatic carbocycles. The molecule has 2 rings (SSSR count). The molecule has 0 unspecified atom stereocenters. The van der Waals surface area contributed by atoms with Gasteiger partial charge in [0.25, 0.3) is 0 Å². The van der Waals surface area contributed by atoms with Gasteiger partial charge in [-0.3, -0.25) is 4.68 Å². The van der Waals surface area contributed by atoms with Crippen LogP contribution in [0.5, 0.6) is 0 Å². The van der Waals surface area contributed by atoms with Crippen LogP contribution in [0.15, 0.2) is 23.1 Å². The SMILES string of the molecule is Cn1cc(Nc2nc(Cl)ncc2Br)cn1. The van der Waals surface area contributed by atoms with Gasteiger partial charge in [0.1, 0.15) is 5.82 Å². The molecule has 0 aromatic carbocycles. The van der Waals surface area contributed by atoms with Crippen LogP contribution in [0.4, 0.5) is 11.5 Å². The van der Waals surface area contributed by atoms with E-state index in [0.717, 1.165) is 10.2 Å². The van der Waals surface area contributed by atoms with Crippen molar-refractivity contribution >= 4 is 39.0 Å². The first-order valence-electron chi connectivity index (χ1n) is 4.09. The van der Waals surface area contributed by atoms with Crippen LogP contribution in [0.3, 0.4) is 0 Å². The van der Waals surface area contributed by atoms with E-state index >= 15 is 0 Å². The lowest BCUT2D eigenvalue weighted by molar-refractivity contribution is 0.768. The second-order valence-corrected chi connectivity index (χ2v) is 4.06. The fourth-order valence-electron chi connectivity index (χ4n) is 1.06. The Kier molecular flexibility index (Phi) is 2.88. The maximum absolute atomic E-state index is 5.68. The van der Waals surface area contributed by atoms with Crippen molar-refractivity contribution in [3.63, 3.8) is 0 Å². The number of anilines is 2. The van der Waals surface area contributed by atoms with Gasteiger partial charge in [-0.1, -0.05) is 0 Å². The number of nitrogens with zero attached hydrogens (tertiary/aromatic N) is 4. The number of hydrogen-bond donors (Lipinski definition) is 1. The summed E-state index contributed by atoms with van der Waals surface area (Å²) in [5, 5.41) is 7.29. The lowest BCUT2D eigenvalue weighted by atomic mass is 10.5. The molecule has 7 heteroatoms. The molecule has 0 aliphatic heterocycles. The Hall–Kier alpha value is -1.14. The average Bonchev–Trinajstić information content (AvgIpc) is 2.58. The van der Waals surface area contributed by atoms with E-state index in [-0.39, 0.29) is 5.28 Å². The second-order valence-electron chi connectivity index (χ2n) is 2.86. The fourth-order valence-corrected chi connectivity index (χ4v) is 1.48. The third-order valence-corrected chi connectivity index (χ3v) is 2.44. The van der Waals surface area contributed by atoms with Gasteiger partial charge in [-0.25, -0.2) is 4.98 Å². The summed E-state index contributed by atoms with van der Waals surface area (Å²) >= 11 is 9.01. The third-order valence-electron chi connectivity index (χ3n) is 1.68. The molecule has 1 N–H and O–H groups in total. The zero-order chi connectivity index (χ0) is 10.8. The minimum Gasteiger partial charge on any atom is -0.337 e. The third kappa shape index (κ3) is 2.45. The van der Waals surface area contributed by atoms with Gasteiger partial charge < -0.3 is 5.32 Å². The molecule has 0 bridgehead atoms. The van der Waals surface area contributed by atoms with Crippen LogP contribution in [0.1, 0.15) is 0 Å². The predicted octanol–water partition coefficient (Wildman–Crippen LogP) is 2.37. The van der Waals surface area contributed by atoms with Gasteiger partial charge in [0, 0.05) is 19.4 Å². The summed E-state index contributed by atoms with van der Waals surface area (Å²) < 4.78 is 2.44. The zero-order valence-electron chi connectivity index (χ0n) is 7.78. The molecule has 0 saturated heterocycles. The van der Waals surface area contributed by atoms with Crippen molar-refractivity contribution in [2.45, 2.75) is 0 Å². The molecule has 0 atom stereocenters. The molecule has 5 nitrogen and oxygen atoms in total. The van der Waals surface area contributed by atoms with E-state index in [4.69, 9.17) is 11.6 Å². The van der Waals surface area contributed by atoms with Crippen molar-refractivity contribution in [1.29, 1.82) is 0 Å². The molecule has 0 aliphatic rings. The zero-order valence-corrected chi connectivity index (χ0v) is 10.1. The molecule has 0 fully saturated rings. The molecule has 2 heterocycles. The monoisotopic (exact) mass is 287 g/mol. The number of nitrogens with one attached hydrogen (secondary N) is 1. The maximum atomic E-state index is 5.68. The first kappa shape index (κ1) is 10.4. The lowest BCUT2D eigenvalue weighted by Crippen LogP contribution is -1.95. The van der Waals surface area contributed by atoms with Crippen molar-refractivity contribution in [1.82, 2.24) is 19.7 Å². The Morgan fingerprint density at radius 3 is 2.93 bits per heavy atom. The average molecular weight is 289 g/mol. The fraction of sp³-hybridized carbons (Fsp3) is 0.125.